The van der Waals surface area contributed by atoms with E-state index in [0.29, 0.717) is 36.2 Å². The van der Waals surface area contributed by atoms with Crippen LogP contribution in [0.5, 0.6) is 34.5 Å². The second kappa shape index (κ2) is 9.23. The number of morpholine rings is 1. The fourth-order valence-corrected chi connectivity index (χ4v) is 5.02. The van der Waals surface area contributed by atoms with Crippen molar-refractivity contribution in [3.63, 3.8) is 0 Å². The minimum absolute atomic E-state index is 0.0692. The van der Waals surface area contributed by atoms with Crippen molar-refractivity contribution in [1.29, 1.82) is 0 Å². The Labute approximate surface area is 198 Å². The Hall–Kier alpha value is -3.17. The molecule has 0 spiro atoms. The van der Waals surface area contributed by atoms with Gasteiger partial charge < -0.3 is 33.2 Å². The molecule has 2 aromatic rings. The summed E-state index contributed by atoms with van der Waals surface area (Å²) in [5, 5.41) is 0. The third-order valence-corrected chi connectivity index (χ3v) is 6.56. The summed E-state index contributed by atoms with van der Waals surface area (Å²) in [5.74, 6) is 2.78. The first-order chi connectivity index (χ1) is 16.5. The van der Waals surface area contributed by atoms with E-state index >= 15 is 0 Å². The summed E-state index contributed by atoms with van der Waals surface area (Å²) in [7, 11) is 3.09. The van der Waals surface area contributed by atoms with E-state index in [1.165, 1.54) is 6.92 Å². The van der Waals surface area contributed by atoms with Crippen molar-refractivity contribution in [1.82, 2.24) is 4.90 Å². The van der Waals surface area contributed by atoms with Crippen LogP contribution in [-0.2, 0) is 9.53 Å². The maximum atomic E-state index is 11.7. The molecule has 0 bridgehead atoms. The first kappa shape index (κ1) is 22.6. The van der Waals surface area contributed by atoms with Crippen molar-refractivity contribution < 1.29 is 38.0 Å². The first-order valence-corrected chi connectivity index (χ1v) is 11.4. The minimum Gasteiger partial charge on any atom is -0.493 e. The van der Waals surface area contributed by atoms with Crippen LogP contribution < -0.4 is 28.4 Å². The van der Waals surface area contributed by atoms with E-state index in [-0.39, 0.29) is 30.6 Å². The zero-order chi connectivity index (χ0) is 23.8. The summed E-state index contributed by atoms with van der Waals surface area (Å²) in [6.45, 7) is 6.63. The number of esters is 1. The van der Waals surface area contributed by atoms with Crippen molar-refractivity contribution in [3.8, 4) is 34.5 Å². The van der Waals surface area contributed by atoms with Crippen LogP contribution in [0.3, 0.4) is 0 Å². The van der Waals surface area contributed by atoms with Crippen LogP contribution in [0.2, 0.25) is 0 Å². The van der Waals surface area contributed by atoms with Crippen molar-refractivity contribution >= 4 is 5.97 Å². The second-order valence-electron chi connectivity index (χ2n) is 8.59. The molecule has 182 valence electrons. The molecular weight excluding hydrogens is 442 g/mol. The molecule has 3 unspecified atom stereocenters. The summed E-state index contributed by atoms with van der Waals surface area (Å²) in [6, 6.07) is 7.70. The largest absolute Gasteiger partial charge is 0.493 e. The van der Waals surface area contributed by atoms with Gasteiger partial charge in [-0.25, -0.2) is 0 Å². The first-order valence-electron chi connectivity index (χ1n) is 11.4. The fourth-order valence-electron chi connectivity index (χ4n) is 5.02. The van der Waals surface area contributed by atoms with Gasteiger partial charge in [0.05, 0.1) is 27.4 Å². The third kappa shape index (κ3) is 3.99. The van der Waals surface area contributed by atoms with Crippen molar-refractivity contribution in [3.05, 3.63) is 35.4 Å². The molecule has 1 fully saturated rings. The number of hydrogen-bond acceptors (Lipinski definition) is 9. The van der Waals surface area contributed by atoms with Crippen LogP contribution in [0.1, 0.15) is 30.9 Å². The lowest BCUT2D eigenvalue weighted by Gasteiger charge is -2.44. The molecule has 3 aliphatic heterocycles. The van der Waals surface area contributed by atoms with E-state index in [1.54, 1.807) is 14.2 Å². The number of hydrogen-bond donors (Lipinski definition) is 0. The lowest BCUT2D eigenvalue weighted by Crippen LogP contribution is -2.52. The van der Waals surface area contributed by atoms with Gasteiger partial charge in [-0.3, -0.25) is 9.69 Å². The molecular formula is C25H29NO8. The Balaban J connectivity index is 1.63. The number of ether oxygens (including phenoxy) is 7. The van der Waals surface area contributed by atoms with Gasteiger partial charge in [0.25, 0.3) is 0 Å². The zero-order valence-electron chi connectivity index (χ0n) is 19.8. The van der Waals surface area contributed by atoms with E-state index in [2.05, 4.69) is 11.8 Å². The standard InChI is InChI=1S/C25H29NO8/c1-14-23(16-9-21(28-3)24(33-15(2)27)22(10-16)29-4)17-11-19-20(32-13-31-19)12-18(17)34-25(14)26-5-7-30-8-6-26/h9-12,14,23,25H,5-8,13H2,1-4H3. The van der Waals surface area contributed by atoms with Crippen molar-refractivity contribution in [2.24, 2.45) is 5.92 Å². The molecule has 5 rings (SSSR count). The van der Waals surface area contributed by atoms with Crippen LogP contribution >= 0.6 is 0 Å². The molecule has 9 heteroatoms. The Morgan fingerprint density at radius 2 is 1.62 bits per heavy atom. The number of nitrogens with zero attached hydrogens (tertiary/aromatic N) is 1. The third-order valence-electron chi connectivity index (χ3n) is 6.56. The monoisotopic (exact) mass is 471 g/mol. The predicted octanol–water partition coefficient (Wildman–Crippen LogP) is 3.18. The molecule has 0 aromatic heterocycles. The van der Waals surface area contributed by atoms with E-state index in [9.17, 15) is 4.79 Å². The average Bonchev–Trinajstić information content (AvgIpc) is 3.30. The molecule has 0 N–H and O–H groups in total. The van der Waals surface area contributed by atoms with Crippen LogP contribution in [-0.4, -0.2) is 64.4 Å². The lowest BCUT2D eigenvalue weighted by atomic mass is 9.77. The number of benzene rings is 2. The molecule has 0 aliphatic carbocycles. The molecule has 2 aromatic carbocycles. The highest BCUT2D eigenvalue weighted by atomic mass is 16.7. The van der Waals surface area contributed by atoms with Crippen LogP contribution in [0.25, 0.3) is 0 Å². The van der Waals surface area contributed by atoms with Gasteiger partial charge in [-0.2, -0.15) is 0 Å². The second-order valence-corrected chi connectivity index (χ2v) is 8.59. The molecule has 3 aliphatic rings. The highest BCUT2D eigenvalue weighted by Crippen LogP contribution is 2.52. The zero-order valence-corrected chi connectivity index (χ0v) is 19.8. The quantitative estimate of drug-likeness (QED) is 0.482. The maximum Gasteiger partial charge on any atom is 0.308 e. The summed E-state index contributed by atoms with van der Waals surface area (Å²) in [6.07, 6.45) is -0.160. The smallest absolute Gasteiger partial charge is 0.308 e. The highest BCUT2D eigenvalue weighted by molar-refractivity contribution is 5.72. The Kier molecular flexibility index (Phi) is 6.14. The van der Waals surface area contributed by atoms with E-state index in [1.807, 2.05) is 24.3 Å². The molecule has 9 nitrogen and oxygen atoms in total. The van der Waals surface area contributed by atoms with Crippen LogP contribution in [0.4, 0.5) is 0 Å². The molecule has 3 atom stereocenters. The van der Waals surface area contributed by atoms with Gasteiger partial charge in [0.2, 0.25) is 12.5 Å². The normalized spacial score (nSPS) is 23.6. The maximum absolute atomic E-state index is 11.7. The van der Waals surface area contributed by atoms with Crippen LogP contribution in [0, 0.1) is 5.92 Å². The summed E-state index contributed by atoms with van der Waals surface area (Å²) in [5.41, 5.74) is 1.95. The number of rotatable bonds is 5. The van der Waals surface area contributed by atoms with Crippen molar-refractivity contribution in [2.75, 3.05) is 47.3 Å². The SMILES string of the molecule is COc1cc(C2c3cc4c(cc3OC(N3CCOCC3)C2C)OCO4)cc(OC)c1OC(C)=O. The molecule has 0 saturated carbocycles. The topological polar surface area (TPSA) is 84.9 Å². The van der Waals surface area contributed by atoms with Crippen LogP contribution in [0.15, 0.2) is 24.3 Å². The summed E-state index contributed by atoms with van der Waals surface area (Å²) < 4.78 is 40.0. The van der Waals surface area contributed by atoms with Gasteiger partial charge in [-0.1, -0.05) is 6.92 Å². The van der Waals surface area contributed by atoms with E-state index < -0.39 is 5.97 Å². The fraction of sp³-hybridized carbons (Fsp3) is 0.480. The average molecular weight is 472 g/mol. The predicted molar refractivity (Wildman–Crippen MR) is 121 cm³/mol. The molecule has 34 heavy (non-hydrogen) atoms. The van der Waals surface area contributed by atoms with Gasteiger partial charge in [0.15, 0.2) is 29.2 Å². The number of fused-ring (bicyclic) bond motifs is 2. The molecule has 0 amide bonds. The van der Waals surface area contributed by atoms with Gasteiger partial charge in [-0.05, 0) is 23.8 Å². The number of carbonyl (C=O) groups excluding carboxylic acids is 1. The summed E-state index contributed by atoms with van der Waals surface area (Å²) >= 11 is 0. The van der Waals surface area contributed by atoms with Gasteiger partial charge in [-0.15, -0.1) is 0 Å². The van der Waals surface area contributed by atoms with E-state index in [0.717, 1.165) is 30.0 Å². The Morgan fingerprint density at radius 3 is 2.24 bits per heavy atom. The lowest BCUT2D eigenvalue weighted by molar-refractivity contribution is -0.132. The minimum atomic E-state index is -0.450. The molecule has 3 heterocycles. The van der Waals surface area contributed by atoms with Crippen molar-refractivity contribution in [2.45, 2.75) is 26.0 Å². The molecule has 0 radical (unpaired) electrons. The number of methoxy groups -OCH3 is 2. The van der Waals surface area contributed by atoms with Gasteiger partial charge >= 0.3 is 5.97 Å². The van der Waals surface area contributed by atoms with E-state index in [4.69, 9.17) is 33.2 Å². The summed E-state index contributed by atoms with van der Waals surface area (Å²) in [4.78, 5) is 14.0. The van der Waals surface area contributed by atoms with Gasteiger partial charge in [0.1, 0.15) is 5.75 Å². The number of carbonyl (C=O) groups is 1. The Bertz CT molecular complexity index is 1060. The Morgan fingerprint density at radius 1 is 0.971 bits per heavy atom. The van der Waals surface area contributed by atoms with Gasteiger partial charge in [0, 0.05) is 43.5 Å². The highest BCUT2D eigenvalue weighted by Gasteiger charge is 2.42. The molecule has 1 saturated heterocycles.